The number of nitrogens with zero attached hydrogens (tertiary/aromatic N) is 1. The Kier molecular flexibility index (Phi) is 14.4. The van der Waals surface area contributed by atoms with Crippen LogP contribution >= 0.6 is 11.3 Å². The molecule has 3 heterocycles. The molecule has 6 heteroatoms. The fraction of sp³-hybridized carbons (Fsp3) is 0.440. The Morgan fingerprint density at radius 3 is 2.14 bits per heavy atom. The van der Waals surface area contributed by atoms with E-state index in [1.54, 1.807) is 0 Å². The SMILES string of the molecule is CCC(C)(CC)C(=O)/C=C(\O)C(C)(CC)CC.Cc1sc2cccc(-c3oc4c(-c5[c-]c6ccccc6c(C(C)(C)C)c5)nccc4c3C)c2c1CC(C)C.[Ir]. The number of aliphatic hydroxyl groups is 1. The third-order valence-corrected chi connectivity index (χ3v) is 13.3. The van der Waals surface area contributed by atoms with Crippen molar-refractivity contribution in [2.75, 3.05) is 0 Å². The second-order valence-electron chi connectivity index (χ2n) is 17.3. The molecule has 0 atom stereocenters. The number of carbonyl (C=O) groups excluding carboxylic acids is 1. The van der Waals surface area contributed by atoms with Gasteiger partial charge in [0.25, 0.3) is 0 Å². The standard InChI is InChI=1S/C35H34NOS.C15H28O2.Ir/c1-20(2)17-28-22(4)38-30-14-10-13-27(31(28)30)33-21(3)25-15-16-36-32(34(25)37-33)24-18-23-11-8-9-12-26(23)29(19-24)35(5,6)7;1-7-14(5,8-2)12(16)11-13(17)15(6,9-3)10-4;/h8-16,19-20H,17H2,1-7H3;11,16H,7-10H2,1-6H3;/q-1;;/b;12-11-;. The van der Waals surface area contributed by atoms with Crippen LogP contribution in [0.3, 0.4) is 0 Å². The van der Waals surface area contributed by atoms with Gasteiger partial charge >= 0.3 is 0 Å². The van der Waals surface area contributed by atoms with E-state index in [-0.39, 0.29) is 47.9 Å². The Bertz CT molecular complexity index is 2340. The first-order valence-electron chi connectivity index (χ1n) is 20.2. The smallest absolute Gasteiger partial charge is 0.164 e. The molecule has 0 aliphatic carbocycles. The van der Waals surface area contributed by atoms with E-state index in [0.717, 1.165) is 71.0 Å². The maximum absolute atomic E-state index is 12.2. The molecule has 4 nitrogen and oxygen atoms in total. The number of carbonyl (C=O) groups is 1. The molecule has 6 rings (SSSR count). The summed E-state index contributed by atoms with van der Waals surface area (Å²) in [6.07, 6.45) is 7.73. The molecule has 3 aromatic carbocycles. The van der Waals surface area contributed by atoms with Crippen LogP contribution in [0.25, 0.3) is 54.4 Å². The molecule has 0 fully saturated rings. The van der Waals surface area contributed by atoms with Gasteiger partial charge in [-0.05, 0) is 75.0 Å². The third-order valence-electron chi connectivity index (χ3n) is 12.2. The topological polar surface area (TPSA) is 63.3 Å². The number of thiophene rings is 1. The van der Waals surface area contributed by atoms with Gasteiger partial charge in [0.05, 0.1) is 0 Å². The summed E-state index contributed by atoms with van der Waals surface area (Å²) in [6, 6.07) is 23.1. The second-order valence-corrected chi connectivity index (χ2v) is 18.6. The maximum Gasteiger partial charge on any atom is 0.164 e. The first kappa shape index (κ1) is 45.1. The van der Waals surface area contributed by atoms with Crippen LogP contribution in [0.1, 0.15) is 123 Å². The Labute approximate surface area is 353 Å². The number of fused-ring (bicyclic) bond motifs is 3. The van der Waals surface area contributed by atoms with Crippen LogP contribution in [0.4, 0.5) is 0 Å². The second kappa shape index (κ2) is 17.9. The Balaban J connectivity index is 0.000000330. The summed E-state index contributed by atoms with van der Waals surface area (Å²) in [5, 5.41) is 14.9. The van der Waals surface area contributed by atoms with E-state index in [1.807, 2.05) is 59.1 Å². The molecule has 3 aromatic heterocycles. The fourth-order valence-corrected chi connectivity index (χ4v) is 8.55. The molecule has 0 unspecified atom stereocenters. The molecule has 6 aromatic rings. The first-order chi connectivity index (χ1) is 25.9. The number of hydrogen-bond acceptors (Lipinski definition) is 5. The number of hydrogen-bond donors (Lipinski definition) is 1. The van der Waals surface area contributed by atoms with Crippen LogP contribution in [0.15, 0.2) is 77.0 Å². The van der Waals surface area contributed by atoms with Crippen molar-refractivity contribution in [3.05, 3.63) is 100 Å². The summed E-state index contributed by atoms with van der Waals surface area (Å²) in [4.78, 5) is 18.4. The minimum Gasteiger partial charge on any atom is -0.512 e. The van der Waals surface area contributed by atoms with Crippen molar-refractivity contribution in [1.82, 2.24) is 4.98 Å². The Morgan fingerprint density at radius 2 is 1.54 bits per heavy atom. The molecule has 301 valence electrons. The molecule has 0 amide bonds. The Hall–Kier alpha value is -3.57. The molecule has 0 aliphatic rings. The van der Waals surface area contributed by atoms with Gasteiger partial charge in [0.2, 0.25) is 0 Å². The van der Waals surface area contributed by atoms with Crippen LogP contribution in [0.2, 0.25) is 0 Å². The summed E-state index contributed by atoms with van der Waals surface area (Å²) in [5.74, 6) is 1.82. The van der Waals surface area contributed by atoms with Crippen LogP contribution in [-0.2, 0) is 36.7 Å². The van der Waals surface area contributed by atoms with Gasteiger partial charge in [-0.1, -0.05) is 117 Å². The average molecular weight is 949 g/mol. The van der Waals surface area contributed by atoms with Crippen LogP contribution in [0, 0.1) is 36.7 Å². The van der Waals surface area contributed by atoms with Gasteiger partial charge in [-0.15, -0.1) is 40.5 Å². The molecule has 0 saturated carbocycles. The summed E-state index contributed by atoms with van der Waals surface area (Å²) >= 11 is 1.89. The molecule has 1 radical (unpaired) electrons. The zero-order valence-electron chi connectivity index (χ0n) is 35.9. The van der Waals surface area contributed by atoms with E-state index in [0.29, 0.717) is 5.92 Å². The normalized spacial score (nSPS) is 12.6. The average Bonchev–Trinajstić information content (AvgIpc) is 3.68. The predicted octanol–water partition coefficient (Wildman–Crippen LogP) is 15.1. The van der Waals surface area contributed by atoms with Gasteiger partial charge in [-0.3, -0.25) is 9.78 Å². The number of benzene rings is 3. The molecule has 56 heavy (non-hydrogen) atoms. The monoisotopic (exact) mass is 949 g/mol. The van der Waals surface area contributed by atoms with Gasteiger partial charge in [-0.2, -0.15) is 0 Å². The van der Waals surface area contributed by atoms with Crippen molar-refractivity contribution in [2.24, 2.45) is 16.7 Å². The van der Waals surface area contributed by atoms with Crippen LogP contribution in [-0.4, -0.2) is 15.9 Å². The number of furan rings is 1. The number of aryl methyl sites for hydroxylation is 2. The van der Waals surface area contributed by atoms with E-state index in [9.17, 15) is 9.90 Å². The number of aliphatic hydroxyl groups excluding tert-OH is 1. The van der Waals surface area contributed by atoms with Gasteiger partial charge in [0.15, 0.2) is 5.78 Å². The Morgan fingerprint density at radius 1 is 0.893 bits per heavy atom. The fourth-order valence-electron chi connectivity index (χ4n) is 7.43. The van der Waals surface area contributed by atoms with Crippen molar-refractivity contribution in [2.45, 2.75) is 128 Å². The van der Waals surface area contributed by atoms with Gasteiger partial charge in [0.1, 0.15) is 17.1 Å². The largest absolute Gasteiger partial charge is 0.512 e. The third kappa shape index (κ3) is 8.94. The number of ketones is 1. The minimum atomic E-state index is -0.337. The number of rotatable bonds is 11. The summed E-state index contributed by atoms with van der Waals surface area (Å²) in [6.45, 7) is 27.9. The first-order valence-corrected chi connectivity index (χ1v) is 21.0. The predicted molar refractivity (Wildman–Crippen MR) is 236 cm³/mol. The van der Waals surface area contributed by atoms with Crippen molar-refractivity contribution < 1.29 is 34.4 Å². The molecule has 0 spiro atoms. The van der Waals surface area contributed by atoms with Crippen LogP contribution < -0.4 is 0 Å². The molecule has 0 saturated heterocycles. The summed E-state index contributed by atoms with van der Waals surface area (Å²) in [7, 11) is 0. The zero-order valence-corrected chi connectivity index (χ0v) is 39.1. The minimum absolute atomic E-state index is 0. The maximum atomic E-state index is 12.2. The summed E-state index contributed by atoms with van der Waals surface area (Å²) in [5.41, 5.74) is 7.13. The van der Waals surface area contributed by atoms with E-state index < -0.39 is 0 Å². The molecule has 1 N–H and O–H groups in total. The number of aromatic nitrogens is 1. The van der Waals surface area contributed by atoms with E-state index in [2.05, 4.69) is 109 Å². The van der Waals surface area contributed by atoms with Crippen molar-refractivity contribution in [3.63, 3.8) is 0 Å². The van der Waals surface area contributed by atoms with E-state index in [4.69, 9.17) is 9.40 Å². The van der Waals surface area contributed by atoms with E-state index >= 15 is 0 Å². The van der Waals surface area contributed by atoms with Gasteiger partial charge in [-0.25, -0.2) is 0 Å². The number of allylic oxidation sites excluding steroid dienone is 2. The van der Waals surface area contributed by atoms with Crippen molar-refractivity contribution in [1.29, 1.82) is 0 Å². The van der Waals surface area contributed by atoms with Crippen molar-refractivity contribution >= 4 is 48.9 Å². The van der Waals surface area contributed by atoms with E-state index in [1.165, 1.54) is 43.1 Å². The molecular formula is C50H62IrNO3S-. The molecule has 0 bridgehead atoms. The summed E-state index contributed by atoms with van der Waals surface area (Å²) < 4.78 is 8.13. The molecule has 0 aliphatic heterocycles. The van der Waals surface area contributed by atoms with Gasteiger partial charge in [0, 0.05) is 80.4 Å². The molecular weight excluding hydrogens is 887 g/mol. The number of pyridine rings is 1. The zero-order chi connectivity index (χ0) is 40.5. The van der Waals surface area contributed by atoms with Crippen LogP contribution in [0.5, 0.6) is 0 Å². The quantitative estimate of drug-likeness (QED) is 0.0798. The van der Waals surface area contributed by atoms with Crippen molar-refractivity contribution in [3.8, 4) is 22.6 Å². The van der Waals surface area contributed by atoms with Gasteiger partial charge < -0.3 is 9.52 Å².